The minimum atomic E-state index is 0.419. The Kier molecular flexibility index (Phi) is 4.61. The Labute approximate surface area is 151 Å². The van der Waals surface area contributed by atoms with Gasteiger partial charge in [0.15, 0.2) is 0 Å². The Bertz CT molecular complexity index is 829. The summed E-state index contributed by atoms with van der Waals surface area (Å²) in [6, 6.07) is 8.24. The zero-order valence-corrected chi connectivity index (χ0v) is 15.2. The summed E-state index contributed by atoms with van der Waals surface area (Å²) >= 11 is 4.97. The molecule has 0 amide bonds. The number of thioether (sulfide) groups is 1. The molecule has 24 heavy (non-hydrogen) atoms. The summed E-state index contributed by atoms with van der Waals surface area (Å²) < 4.78 is 8.26. The molecule has 0 saturated heterocycles. The molecule has 0 N–H and O–H groups in total. The number of nitrogens with zero attached hydrogens (tertiary/aromatic N) is 6. The van der Waals surface area contributed by atoms with E-state index in [4.69, 9.17) is 4.52 Å². The zero-order chi connectivity index (χ0) is 16.4. The number of tetrazole rings is 1. The first-order chi connectivity index (χ1) is 11.8. The highest BCUT2D eigenvalue weighted by Gasteiger charge is 2.22. The van der Waals surface area contributed by atoms with E-state index in [1.54, 1.807) is 0 Å². The van der Waals surface area contributed by atoms with Crippen LogP contribution >= 0.6 is 27.7 Å². The minimum absolute atomic E-state index is 0.419. The van der Waals surface area contributed by atoms with Gasteiger partial charge in [0.1, 0.15) is 0 Å². The summed E-state index contributed by atoms with van der Waals surface area (Å²) in [5.41, 5.74) is 0.917. The first-order valence-electron chi connectivity index (χ1n) is 7.79. The molecule has 3 aromatic rings. The van der Waals surface area contributed by atoms with E-state index in [1.165, 1.54) is 24.6 Å². The van der Waals surface area contributed by atoms with Crippen LogP contribution in [0.2, 0.25) is 0 Å². The minimum Gasteiger partial charge on any atom is -0.338 e. The number of halogens is 1. The molecule has 1 saturated carbocycles. The first-order valence-corrected chi connectivity index (χ1v) is 9.56. The van der Waals surface area contributed by atoms with E-state index >= 15 is 0 Å². The molecule has 2 heterocycles. The van der Waals surface area contributed by atoms with Crippen LogP contribution < -0.4 is 0 Å². The van der Waals surface area contributed by atoms with Crippen molar-refractivity contribution in [3.8, 4) is 11.4 Å². The van der Waals surface area contributed by atoms with Gasteiger partial charge in [0, 0.05) is 10.0 Å². The third-order valence-electron chi connectivity index (χ3n) is 4.01. The second kappa shape index (κ2) is 7.02. The maximum absolute atomic E-state index is 5.35. The van der Waals surface area contributed by atoms with Gasteiger partial charge in [0.2, 0.25) is 16.9 Å². The van der Waals surface area contributed by atoms with E-state index in [2.05, 4.69) is 41.6 Å². The fourth-order valence-corrected chi connectivity index (χ4v) is 4.02. The molecule has 4 rings (SSSR count). The smallest absolute Gasteiger partial charge is 0.237 e. The van der Waals surface area contributed by atoms with E-state index in [-0.39, 0.29) is 0 Å². The lowest BCUT2D eigenvalue weighted by atomic mass is 10.2. The van der Waals surface area contributed by atoms with Crippen LogP contribution in [0.4, 0.5) is 0 Å². The lowest BCUT2D eigenvalue weighted by molar-refractivity contribution is 0.391. The normalized spacial score (nSPS) is 15.2. The van der Waals surface area contributed by atoms with Gasteiger partial charge in [0.05, 0.1) is 11.8 Å². The van der Waals surface area contributed by atoms with Gasteiger partial charge in [0.25, 0.3) is 0 Å². The van der Waals surface area contributed by atoms with Gasteiger partial charge in [-0.25, -0.2) is 4.68 Å². The molecule has 0 atom stereocenters. The molecular formula is C15H15BrN6OS. The summed E-state index contributed by atoms with van der Waals surface area (Å²) in [6.45, 7) is 0. The molecule has 9 heteroatoms. The average molecular weight is 407 g/mol. The van der Waals surface area contributed by atoms with Crippen molar-refractivity contribution in [1.82, 2.24) is 30.3 Å². The van der Waals surface area contributed by atoms with Crippen LogP contribution in [0.25, 0.3) is 11.4 Å². The van der Waals surface area contributed by atoms with Crippen molar-refractivity contribution < 1.29 is 4.52 Å². The van der Waals surface area contributed by atoms with E-state index in [0.717, 1.165) is 28.0 Å². The number of hydrogen-bond acceptors (Lipinski definition) is 7. The second-order valence-corrected chi connectivity index (χ2v) is 7.51. The third-order valence-corrected chi connectivity index (χ3v) is 5.42. The molecule has 7 nitrogen and oxygen atoms in total. The molecule has 0 spiro atoms. The van der Waals surface area contributed by atoms with Crippen LogP contribution in [0.5, 0.6) is 0 Å². The third kappa shape index (κ3) is 3.36. The molecule has 1 fully saturated rings. The highest BCUT2D eigenvalue weighted by atomic mass is 79.9. The highest BCUT2D eigenvalue weighted by molar-refractivity contribution is 9.10. The fraction of sp³-hybridized carbons (Fsp3) is 0.400. The summed E-state index contributed by atoms with van der Waals surface area (Å²) in [7, 11) is 0. The van der Waals surface area contributed by atoms with Crippen molar-refractivity contribution in [2.24, 2.45) is 0 Å². The van der Waals surface area contributed by atoms with Gasteiger partial charge in [-0.2, -0.15) is 4.98 Å². The molecule has 0 bridgehead atoms. The van der Waals surface area contributed by atoms with E-state index in [9.17, 15) is 0 Å². The lowest BCUT2D eigenvalue weighted by Crippen LogP contribution is -2.08. The molecule has 0 radical (unpaired) electrons. The van der Waals surface area contributed by atoms with Gasteiger partial charge >= 0.3 is 0 Å². The van der Waals surface area contributed by atoms with E-state index < -0.39 is 0 Å². The largest absolute Gasteiger partial charge is 0.338 e. The molecule has 1 aliphatic carbocycles. The molecule has 2 aromatic heterocycles. The van der Waals surface area contributed by atoms with Crippen LogP contribution in [-0.2, 0) is 5.75 Å². The van der Waals surface area contributed by atoms with Crippen molar-refractivity contribution in [2.45, 2.75) is 42.6 Å². The van der Waals surface area contributed by atoms with Crippen LogP contribution in [0.15, 0.2) is 38.4 Å². The number of rotatable bonds is 5. The second-order valence-electron chi connectivity index (χ2n) is 5.66. The van der Waals surface area contributed by atoms with Crippen LogP contribution in [0.1, 0.15) is 37.6 Å². The molecule has 0 unspecified atom stereocenters. The van der Waals surface area contributed by atoms with Crippen molar-refractivity contribution in [3.05, 3.63) is 34.6 Å². The van der Waals surface area contributed by atoms with Gasteiger partial charge in [-0.05, 0) is 35.4 Å². The number of benzene rings is 1. The van der Waals surface area contributed by atoms with Gasteiger partial charge < -0.3 is 4.52 Å². The predicted molar refractivity (Wildman–Crippen MR) is 92.3 cm³/mol. The van der Waals surface area contributed by atoms with Crippen molar-refractivity contribution in [1.29, 1.82) is 0 Å². The molecule has 1 aliphatic rings. The Hall–Kier alpha value is -1.74. The first kappa shape index (κ1) is 15.8. The lowest BCUT2D eigenvalue weighted by Gasteiger charge is -2.09. The SMILES string of the molecule is Brc1cccc(-c2noc(CSc3nnnn3C3CCCC3)n2)c1. The Balaban J connectivity index is 1.45. The van der Waals surface area contributed by atoms with Crippen LogP contribution in [0, 0.1) is 0 Å². The van der Waals surface area contributed by atoms with Gasteiger partial charge in [-0.3, -0.25) is 0 Å². The summed E-state index contributed by atoms with van der Waals surface area (Å²) in [5.74, 6) is 1.70. The van der Waals surface area contributed by atoms with Gasteiger partial charge in [-0.1, -0.05) is 57.8 Å². The predicted octanol–water partition coefficient (Wildman–Crippen LogP) is 3.89. The van der Waals surface area contributed by atoms with E-state index in [1.807, 2.05) is 28.9 Å². The Morgan fingerprint density at radius 2 is 2.17 bits per heavy atom. The van der Waals surface area contributed by atoms with Crippen LogP contribution in [0.3, 0.4) is 0 Å². The monoisotopic (exact) mass is 406 g/mol. The number of hydrogen-bond donors (Lipinski definition) is 0. The maximum Gasteiger partial charge on any atom is 0.237 e. The van der Waals surface area contributed by atoms with Crippen molar-refractivity contribution >= 4 is 27.7 Å². The van der Waals surface area contributed by atoms with Crippen molar-refractivity contribution in [3.63, 3.8) is 0 Å². The summed E-state index contributed by atoms with van der Waals surface area (Å²) in [5, 5.41) is 16.9. The molecule has 124 valence electrons. The van der Waals surface area contributed by atoms with Crippen LogP contribution in [-0.4, -0.2) is 30.3 Å². The zero-order valence-electron chi connectivity index (χ0n) is 12.8. The quantitative estimate of drug-likeness (QED) is 0.594. The molecule has 1 aromatic carbocycles. The standard InChI is InChI=1S/C15H15BrN6OS/c16-11-5-3-4-10(8-11)14-17-13(23-19-14)9-24-15-18-20-21-22(15)12-6-1-2-7-12/h3-5,8,12H,1-2,6-7,9H2. The topological polar surface area (TPSA) is 82.5 Å². The van der Waals surface area contributed by atoms with Gasteiger partial charge in [-0.15, -0.1) is 5.10 Å². The molecular weight excluding hydrogens is 392 g/mol. The van der Waals surface area contributed by atoms with Crippen molar-refractivity contribution in [2.75, 3.05) is 0 Å². The Morgan fingerprint density at radius 3 is 3.00 bits per heavy atom. The maximum atomic E-state index is 5.35. The fourth-order valence-electron chi connectivity index (χ4n) is 2.84. The molecule has 0 aliphatic heterocycles. The Morgan fingerprint density at radius 1 is 1.29 bits per heavy atom. The number of aromatic nitrogens is 6. The highest BCUT2D eigenvalue weighted by Crippen LogP contribution is 2.32. The van der Waals surface area contributed by atoms with E-state index in [0.29, 0.717) is 23.5 Å². The average Bonchev–Trinajstić information content (AvgIpc) is 3.33. The summed E-state index contributed by atoms with van der Waals surface area (Å²) in [4.78, 5) is 4.45. The summed E-state index contributed by atoms with van der Waals surface area (Å²) in [6.07, 6.45) is 4.78.